The van der Waals surface area contributed by atoms with Crippen LogP contribution in [0.1, 0.15) is 5.69 Å². The normalized spacial score (nSPS) is 9.69. The van der Waals surface area contributed by atoms with E-state index in [0.29, 0.717) is 5.69 Å². The predicted molar refractivity (Wildman–Crippen MR) is 61.2 cm³/mol. The Bertz CT molecular complexity index is 531. The Labute approximate surface area is 97.4 Å². The first-order chi connectivity index (χ1) is 7.78. The van der Waals surface area contributed by atoms with Gasteiger partial charge in [0.15, 0.2) is 0 Å². The van der Waals surface area contributed by atoms with Gasteiger partial charge in [0.05, 0.1) is 0 Å². The molecule has 0 atom stereocenters. The lowest BCUT2D eigenvalue weighted by Crippen LogP contribution is -1.81. The minimum Gasteiger partial charge on any atom is -0.508 e. The summed E-state index contributed by atoms with van der Waals surface area (Å²) in [5.74, 6) is 0.242. The lowest BCUT2D eigenvalue weighted by molar-refractivity contribution is 0.474. The van der Waals surface area contributed by atoms with Gasteiger partial charge in [-0.15, -0.1) is 0 Å². The molecule has 3 nitrogen and oxygen atoms in total. The van der Waals surface area contributed by atoms with E-state index in [0.717, 1.165) is 9.79 Å². The molecule has 2 aromatic rings. The molecule has 0 aliphatic heterocycles. The van der Waals surface area contributed by atoms with Crippen molar-refractivity contribution in [3.63, 3.8) is 0 Å². The van der Waals surface area contributed by atoms with Gasteiger partial charge in [-0.1, -0.05) is 17.8 Å². The molecule has 0 bridgehead atoms. The fourth-order valence-corrected chi connectivity index (χ4v) is 2.03. The first kappa shape index (κ1) is 10.5. The monoisotopic (exact) mass is 228 g/mol. The largest absolute Gasteiger partial charge is 0.508 e. The lowest BCUT2D eigenvalue weighted by atomic mass is 10.3. The van der Waals surface area contributed by atoms with E-state index in [9.17, 15) is 5.11 Å². The maximum Gasteiger partial charge on any atom is 0.140 e. The van der Waals surface area contributed by atoms with Gasteiger partial charge < -0.3 is 5.11 Å². The summed E-state index contributed by atoms with van der Waals surface area (Å²) in [5, 5.41) is 17.9. The topological polar surface area (TPSA) is 56.9 Å². The Kier molecular flexibility index (Phi) is 3.08. The third-order valence-electron chi connectivity index (χ3n) is 1.90. The first-order valence-corrected chi connectivity index (χ1v) is 5.42. The molecule has 78 valence electrons. The number of benzene rings is 1. The van der Waals surface area contributed by atoms with Crippen LogP contribution < -0.4 is 0 Å². The van der Waals surface area contributed by atoms with Gasteiger partial charge in [0.25, 0.3) is 0 Å². The summed E-state index contributed by atoms with van der Waals surface area (Å²) >= 11 is 1.49. The number of pyridine rings is 1. The molecular weight excluding hydrogens is 220 g/mol. The van der Waals surface area contributed by atoms with Gasteiger partial charge >= 0.3 is 0 Å². The van der Waals surface area contributed by atoms with Gasteiger partial charge in [-0.05, 0) is 30.3 Å². The van der Waals surface area contributed by atoms with E-state index in [1.54, 1.807) is 30.5 Å². The number of phenolic OH excluding ortho intramolecular Hbond substituents is 1. The van der Waals surface area contributed by atoms with Crippen LogP contribution in [0.15, 0.2) is 52.4 Å². The van der Waals surface area contributed by atoms with Gasteiger partial charge in [0, 0.05) is 16.0 Å². The van der Waals surface area contributed by atoms with Crippen molar-refractivity contribution >= 4 is 11.8 Å². The molecule has 0 aliphatic rings. The van der Waals surface area contributed by atoms with Crippen molar-refractivity contribution < 1.29 is 5.11 Å². The van der Waals surface area contributed by atoms with E-state index in [1.807, 2.05) is 18.2 Å². The molecule has 2 rings (SSSR count). The summed E-state index contributed by atoms with van der Waals surface area (Å²) < 4.78 is 0. The van der Waals surface area contributed by atoms with Crippen LogP contribution in [-0.2, 0) is 0 Å². The van der Waals surface area contributed by atoms with Crippen molar-refractivity contribution in [2.45, 2.75) is 9.79 Å². The average molecular weight is 228 g/mol. The van der Waals surface area contributed by atoms with Crippen molar-refractivity contribution in [2.75, 3.05) is 0 Å². The fourth-order valence-electron chi connectivity index (χ4n) is 1.19. The Hall–Kier alpha value is -1.99. The second kappa shape index (κ2) is 4.69. The summed E-state index contributed by atoms with van der Waals surface area (Å²) in [5.41, 5.74) is 0.403. The van der Waals surface area contributed by atoms with Crippen LogP contribution in [-0.4, -0.2) is 10.1 Å². The number of aromatic nitrogens is 1. The highest BCUT2D eigenvalue weighted by Gasteiger charge is 1.99. The molecule has 1 aromatic carbocycles. The SMILES string of the molecule is N#Cc1ccc(Sc2cccc(O)c2)cn1. The molecular formula is C12H8N2OS. The molecule has 0 unspecified atom stereocenters. The van der Waals surface area contributed by atoms with Crippen LogP contribution in [0.3, 0.4) is 0 Å². The second-order valence-corrected chi connectivity index (χ2v) is 4.24. The van der Waals surface area contributed by atoms with Crippen LogP contribution >= 0.6 is 11.8 Å². The van der Waals surface area contributed by atoms with Gasteiger partial charge in [0.1, 0.15) is 17.5 Å². The minimum absolute atomic E-state index is 0.242. The molecule has 16 heavy (non-hydrogen) atoms. The predicted octanol–water partition coefficient (Wildman–Crippen LogP) is 2.81. The van der Waals surface area contributed by atoms with E-state index < -0.39 is 0 Å². The highest BCUT2D eigenvalue weighted by Crippen LogP contribution is 2.28. The molecule has 1 aromatic heterocycles. The molecule has 0 aliphatic carbocycles. The van der Waals surface area contributed by atoms with Crippen molar-refractivity contribution in [3.8, 4) is 11.8 Å². The highest BCUT2D eigenvalue weighted by molar-refractivity contribution is 7.99. The van der Waals surface area contributed by atoms with Crippen molar-refractivity contribution in [1.82, 2.24) is 4.98 Å². The Morgan fingerprint density at radius 1 is 1.19 bits per heavy atom. The summed E-state index contributed by atoms with van der Waals surface area (Å²) in [6, 6.07) is 12.5. The van der Waals surface area contributed by atoms with Crippen LogP contribution in [0, 0.1) is 11.3 Å². The van der Waals surface area contributed by atoms with Gasteiger partial charge in [-0.3, -0.25) is 0 Å². The van der Waals surface area contributed by atoms with E-state index in [4.69, 9.17) is 5.26 Å². The summed E-state index contributed by atoms with van der Waals surface area (Å²) in [6.45, 7) is 0. The number of hydrogen-bond acceptors (Lipinski definition) is 4. The molecule has 0 fully saturated rings. The summed E-state index contributed by atoms with van der Waals surface area (Å²) in [7, 11) is 0. The molecule has 0 saturated carbocycles. The van der Waals surface area contributed by atoms with E-state index in [2.05, 4.69) is 4.98 Å². The number of phenols is 1. The first-order valence-electron chi connectivity index (χ1n) is 4.61. The number of nitrogens with zero attached hydrogens (tertiary/aromatic N) is 2. The Balaban J connectivity index is 2.18. The van der Waals surface area contributed by atoms with Gasteiger partial charge in [0.2, 0.25) is 0 Å². The van der Waals surface area contributed by atoms with E-state index in [-0.39, 0.29) is 5.75 Å². The quantitative estimate of drug-likeness (QED) is 0.858. The molecule has 0 amide bonds. The van der Waals surface area contributed by atoms with Crippen molar-refractivity contribution in [3.05, 3.63) is 48.3 Å². The third-order valence-corrected chi connectivity index (χ3v) is 2.87. The number of aromatic hydroxyl groups is 1. The second-order valence-electron chi connectivity index (χ2n) is 3.09. The van der Waals surface area contributed by atoms with Gasteiger partial charge in [-0.2, -0.15) is 5.26 Å². The fraction of sp³-hybridized carbons (Fsp3) is 0. The zero-order chi connectivity index (χ0) is 11.4. The molecule has 1 N–H and O–H groups in total. The summed E-state index contributed by atoms with van der Waals surface area (Å²) in [4.78, 5) is 5.84. The maximum absolute atomic E-state index is 9.30. The van der Waals surface area contributed by atoms with Crippen LogP contribution in [0.2, 0.25) is 0 Å². The van der Waals surface area contributed by atoms with Crippen molar-refractivity contribution in [2.24, 2.45) is 0 Å². The minimum atomic E-state index is 0.242. The van der Waals surface area contributed by atoms with Gasteiger partial charge in [-0.25, -0.2) is 4.98 Å². The van der Waals surface area contributed by atoms with E-state index >= 15 is 0 Å². The standard InChI is InChI=1S/C12H8N2OS/c13-7-9-4-5-12(8-14-9)16-11-3-1-2-10(15)6-11/h1-6,8,15H. The lowest BCUT2D eigenvalue weighted by Gasteiger charge is -2.01. The third kappa shape index (κ3) is 2.53. The Morgan fingerprint density at radius 3 is 2.69 bits per heavy atom. The van der Waals surface area contributed by atoms with E-state index in [1.165, 1.54) is 11.8 Å². The van der Waals surface area contributed by atoms with Crippen LogP contribution in [0.25, 0.3) is 0 Å². The number of hydrogen-bond donors (Lipinski definition) is 1. The zero-order valence-corrected chi connectivity index (χ0v) is 9.11. The molecule has 0 saturated heterocycles. The van der Waals surface area contributed by atoms with Crippen LogP contribution in [0.4, 0.5) is 0 Å². The summed E-state index contributed by atoms with van der Waals surface area (Å²) in [6.07, 6.45) is 1.65. The Morgan fingerprint density at radius 2 is 2.06 bits per heavy atom. The number of nitriles is 1. The zero-order valence-electron chi connectivity index (χ0n) is 8.29. The highest BCUT2D eigenvalue weighted by atomic mass is 32.2. The van der Waals surface area contributed by atoms with Crippen molar-refractivity contribution in [1.29, 1.82) is 5.26 Å². The molecule has 1 heterocycles. The smallest absolute Gasteiger partial charge is 0.140 e. The molecule has 0 spiro atoms. The molecule has 0 radical (unpaired) electrons. The van der Waals surface area contributed by atoms with Crippen LogP contribution in [0.5, 0.6) is 5.75 Å². The maximum atomic E-state index is 9.30. The molecule has 4 heteroatoms. The number of rotatable bonds is 2. The average Bonchev–Trinajstić information content (AvgIpc) is 2.30.